The first kappa shape index (κ1) is 40.6. The Balaban J connectivity index is 3.74. The summed E-state index contributed by atoms with van der Waals surface area (Å²) in [6, 6.07) is -0.743. The van der Waals surface area contributed by atoms with E-state index < -0.39 is 18.2 Å². The Hall–Kier alpha value is -1.43. The molecule has 3 atom stereocenters. The summed E-state index contributed by atoms with van der Waals surface area (Å²) in [5, 5.41) is 32.9. The molecule has 5 nitrogen and oxygen atoms in total. The average Bonchev–Trinajstić information content (AvgIpc) is 2.98. The highest BCUT2D eigenvalue weighted by Crippen LogP contribution is 2.13. The Bertz CT molecular complexity index is 660. The van der Waals surface area contributed by atoms with Crippen LogP contribution in [0.1, 0.15) is 168 Å². The monoisotopic (exact) mass is 592 g/mol. The summed E-state index contributed by atoms with van der Waals surface area (Å²) in [6.07, 6.45) is 38.3. The van der Waals surface area contributed by atoms with Crippen molar-refractivity contribution in [3.8, 4) is 0 Å². The van der Waals surface area contributed by atoms with Crippen molar-refractivity contribution in [2.24, 2.45) is 0 Å². The Morgan fingerprint density at radius 3 is 1.57 bits per heavy atom. The molecule has 0 heterocycles. The minimum Gasteiger partial charge on any atom is -0.394 e. The van der Waals surface area contributed by atoms with E-state index in [0.717, 1.165) is 25.7 Å². The molecule has 0 aromatic heterocycles. The normalized spacial score (nSPS) is 14.3. The smallest absolute Gasteiger partial charge is 0.222 e. The van der Waals surface area contributed by atoms with Crippen LogP contribution in [0.5, 0.6) is 0 Å². The highest BCUT2D eigenvalue weighted by atomic mass is 16.3. The molecule has 0 bridgehead atoms. The van der Waals surface area contributed by atoms with Gasteiger partial charge in [-0.3, -0.25) is 4.79 Å². The summed E-state index contributed by atoms with van der Waals surface area (Å²) in [6.45, 7) is 4.14. The van der Waals surface area contributed by atoms with E-state index in [1.54, 1.807) is 6.08 Å². The van der Waals surface area contributed by atoms with Crippen LogP contribution < -0.4 is 5.32 Å². The summed E-state index contributed by atoms with van der Waals surface area (Å²) in [5.74, 6) is -0.324. The van der Waals surface area contributed by atoms with E-state index in [9.17, 15) is 20.1 Å². The predicted molar refractivity (Wildman–Crippen MR) is 181 cm³/mol. The second-order valence-electron chi connectivity index (χ2n) is 12.2. The Morgan fingerprint density at radius 2 is 1.05 bits per heavy atom. The second kappa shape index (κ2) is 32.5. The number of unbranched alkanes of at least 4 members (excludes halogenated alkanes) is 19. The number of aliphatic hydroxyl groups excluding tert-OH is 3. The van der Waals surface area contributed by atoms with Gasteiger partial charge >= 0.3 is 0 Å². The van der Waals surface area contributed by atoms with Crippen molar-refractivity contribution in [2.45, 2.75) is 186 Å². The molecule has 0 aliphatic carbocycles. The van der Waals surface area contributed by atoms with Crippen LogP contribution >= 0.6 is 0 Å². The third-order valence-electron chi connectivity index (χ3n) is 7.95. The summed E-state index contributed by atoms with van der Waals surface area (Å²) < 4.78 is 0. The van der Waals surface area contributed by atoms with Crippen molar-refractivity contribution in [1.29, 1.82) is 0 Å². The van der Waals surface area contributed by atoms with Crippen LogP contribution in [0.2, 0.25) is 0 Å². The first-order valence-corrected chi connectivity index (χ1v) is 17.8. The van der Waals surface area contributed by atoms with E-state index in [-0.39, 0.29) is 18.9 Å². The Kier molecular flexibility index (Phi) is 31.4. The molecule has 246 valence electrons. The fraction of sp³-hybridized carbons (Fsp3) is 0.811. The molecule has 0 saturated carbocycles. The van der Waals surface area contributed by atoms with Gasteiger partial charge in [0.05, 0.1) is 31.3 Å². The van der Waals surface area contributed by atoms with Gasteiger partial charge in [-0.25, -0.2) is 0 Å². The maximum atomic E-state index is 12.3. The third kappa shape index (κ3) is 28.7. The van der Waals surface area contributed by atoms with Crippen LogP contribution in [0.4, 0.5) is 0 Å². The molecule has 0 fully saturated rings. The van der Waals surface area contributed by atoms with Gasteiger partial charge in [0, 0.05) is 0 Å². The van der Waals surface area contributed by atoms with Crippen LogP contribution in [0, 0.1) is 0 Å². The zero-order valence-electron chi connectivity index (χ0n) is 27.6. The highest BCUT2D eigenvalue weighted by Gasteiger charge is 2.20. The van der Waals surface area contributed by atoms with E-state index in [2.05, 4.69) is 43.5 Å². The van der Waals surface area contributed by atoms with E-state index in [1.165, 1.54) is 116 Å². The fourth-order valence-electron chi connectivity index (χ4n) is 5.15. The quantitative estimate of drug-likeness (QED) is 0.0367. The first-order valence-electron chi connectivity index (χ1n) is 17.8. The van der Waals surface area contributed by atoms with Gasteiger partial charge in [-0.2, -0.15) is 0 Å². The number of carbonyl (C=O) groups excluding carboxylic acids is 1. The van der Waals surface area contributed by atoms with Crippen molar-refractivity contribution in [3.05, 3.63) is 36.5 Å². The molecule has 5 heteroatoms. The molecule has 4 N–H and O–H groups in total. The Labute approximate surface area is 260 Å². The van der Waals surface area contributed by atoms with Gasteiger partial charge in [-0.15, -0.1) is 0 Å². The summed E-state index contributed by atoms with van der Waals surface area (Å²) >= 11 is 0. The summed E-state index contributed by atoms with van der Waals surface area (Å²) in [4.78, 5) is 12.3. The van der Waals surface area contributed by atoms with E-state index in [1.807, 2.05) is 6.08 Å². The van der Waals surface area contributed by atoms with E-state index in [4.69, 9.17) is 0 Å². The zero-order valence-corrected chi connectivity index (χ0v) is 27.6. The average molecular weight is 592 g/mol. The SMILES string of the molecule is CCCCC/C=C\C=C/CCCCCCCCCCC(O)CC(=O)NC(CO)C(O)/C=C/CCCCCCCCCC. The van der Waals surface area contributed by atoms with Gasteiger partial charge in [0.2, 0.25) is 5.91 Å². The predicted octanol–water partition coefficient (Wildman–Crippen LogP) is 9.26. The molecule has 3 unspecified atom stereocenters. The first-order chi connectivity index (χ1) is 20.5. The number of hydrogen-bond donors (Lipinski definition) is 4. The molecular formula is C37H69NO4. The molecule has 0 rings (SSSR count). The van der Waals surface area contributed by atoms with Crippen LogP contribution in [0.3, 0.4) is 0 Å². The third-order valence-corrected chi connectivity index (χ3v) is 7.95. The lowest BCUT2D eigenvalue weighted by atomic mass is 10.0. The largest absolute Gasteiger partial charge is 0.394 e. The lowest BCUT2D eigenvalue weighted by Gasteiger charge is -2.21. The number of carbonyl (C=O) groups is 1. The number of allylic oxidation sites excluding steroid dienone is 5. The maximum Gasteiger partial charge on any atom is 0.222 e. The lowest BCUT2D eigenvalue weighted by Crippen LogP contribution is -2.45. The number of hydrogen-bond acceptors (Lipinski definition) is 4. The van der Waals surface area contributed by atoms with Crippen molar-refractivity contribution in [3.63, 3.8) is 0 Å². The molecular weight excluding hydrogens is 522 g/mol. The van der Waals surface area contributed by atoms with Gasteiger partial charge in [0.25, 0.3) is 0 Å². The van der Waals surface area contributed by atoms with Crippen LogP contribution in [0.15, 0.2) is 36.5 Å². The number of rotatable bonds is 31. The molecule has 42 heavy (non-hydrogen) atoms. The van der Waals surface area contributed by atoms with Crippen LogP contribution in [0.25, 0.3) is 0 Å². The van der Waals surface area contributed by atoms with Gasteiger partial charge in [0.15, 0.2) is 0 Å². The van der Waals surface area contributed by atoms with Gasteiger partial charge in [0.1, 0.15) is 0 Å². The molecule has 0 spiro atoms. The van der Waals surface area contributed by atoms with Crippen LogP contribution in [-0.4, -0.2) is 46.1 Å². The molecule has 0 aliphatic heterocycles. The van der Waals surface area contributed by atoms with Crippen molar-refractivity contribution >= 4 is 5.91 Å². The summed E-state index contributed by atoms with van der Waals surface area (Å²) in [5.41, 5.74) is 0. The van der Waals surface area contributed by atoms with Crippen molar-refractivity contribution in [1.82, 2.24) is 5.32 Å². The van der Waals surface area contributed by atoms with E-state index in [0.29, 0.717) is 6.42 Å². The molecule has 0 aromatic carbocycles. The molecule has 1 amide bonds. The molecule has 0 aliphatic rings. The highest BCUT2D eigenvalue weighted by molar-refractivity contribution is 5.76. The Morgan fingerprint density at radius 1 is 0.619 bits per heavy atom. The number of amides is 1. The van der Waals surface area contributed by atoms with Crippen LogP contribution in [-0.2, 0) is 4.79 Å². The van der Waals surface area contributed by atoms with Crippen molar-refractivity contribution in [2.75, 3.05) is 6.61 Å². The molecule has 0 aromatic rings. The second-order valence-corrected chi connectivity index (χ2v) is 12.2. The van der Waals surface area contributed by atoms with Gasteiger partial charge in [-0.1, -0.05) is 153 Å². The molecule has 0 saturated heterocycles. The topological polar surface area (TPSA) is 89.8 Å². The lowest BCUT2D eigenvalue weighted by molar-refractivity contribution is -0.124. The zero-order chi connectivity index (χ0) is 30.9. The molecule has 0 radical (unpaired) electrons. The maximum absolute atomic E-state index is 12.3. The van der Waals surface area contributed by atoms with Gasteiger partial charge in [-0.05, 0) is 44.9 Å². The van der Waals surface area contributed by atoms with E-state index >= 15 is 0 Å². The van der Waals surface area contributed by atoms with Crippen molar-refractivity contribution < 1.29 is 20.1 Å². The summed E-state index contributed by atoms with van der Waals surface area (Å²) in [7, 11) is 0. The number of nitrogens with one attached hydrogen (secondary N) is 1. The minimum atomic E-state index is -0.927. The van der Waals surface area contributed by atoms with Gasteiger partial charge < -0.3 is 20.6 Å². The number of aliphatic hydroxyl groups is 3. The fourth-order valence-corrected chi connectivity index (χ4v) is 5.15. The standard InChI is InChI=1S/C37H69NO4/c1-3-5-7-9-11-13-15-16-17-18-19-20-21-22-24-26-28-30-34(40)32-37(42)38-35(33-39)36(41)31-29-27-25-23-14-12-10-8-6-4-2/h11,13,15-16,29,31,34-36,39-41H,3-10,12,14,17-28,30,32-33H2,1-2H3,(H,38,42)/b13-11-,16-15-,31-29+. The minimum absolute atomic E-state index is 0.00822.